The predicted molar refractivity (Wildman–Crippen MR) is 85.5 cm³/mol. The van der Waals surface area contributed by atoms with Gasteiger partial charge in [-0.05, 0) is 24.2 Å². The summed E-state index contributed by atoms with van der Waals surface area (Å²) in [6.07, 6.45) is 2.55. The molecule has 1 N–H and O–H groups in total. The highest BCUT2D eigenvalue weighted by Gasteiger charge is 2.35. The molecule has 1 rings (SSSR count). The molecule has 1 heterocycles. The molecule has 0 aromatic rings. The standard InChI is InChI=1S/C17H36N2/c1-8-14(7)15-11-19(16(9-2)12(3)4)17(10-18-15)13(5)6/h12-18H,8-11H2,1-7H3. The smallest absolute Gasteiger partial charge is 0.0247 e. The third kappa shape index (κ3) is 4.19. The second kappa shape index (κ2) is 7.64. The van der Waals surface area contributed by atoms with E-state index in [4.69, 9.17) is 0 Å². The summed E-state index contributed by atoms with van der Waals surface area (Å²) in [5.41, 5.74) is 0. The first-order chi connectivity index (χ1) is 8.92. The molecule has 2 heteroatoms. The summed E-state index contributed by atoms with van der Waals surface area (Å²) in [6, 6.07) is 2.11. The van der Waals surface area contributed by atoms with Crippen molar-refractivity contribution in [1.29, 1.82) is 0 Å². The Morgan fingerprint density at radius 3 is 2.11 bits per heavy atom. The highest BCUT2D eigenvalue weighted by Crippen LogP contribution is 2.26. The van der Waals surface area contributed by atoms with E-state index in [0.717, 1.165) is 30.3 Å². The predicted octanol–water partition coefficient (Wildman–Crippen LogP) is 3.77. The van der Waals surface area contributed by atoms with Gasteiger partial charge in [0.1, 0.15) is 0 Å². The van der Waals surface area contributed by atoms with E-state index in [1.807, 2.05) is 0 Å². The van der Waals surface area contributed by atoms with Crippen molar-refractivity contribution in [2.24, 2.45) is 17.8 Å². The molecular formula is C17H36N2. The molecule has 2 nitrogen and oxygen atoms in total. The van der Waals surface area contributed by atoms with Crippen molar-refractivity contribution in [3.05, 3.63) is 0 Å². The highest BCUT2D eigenvalue weighted by molar-refractivity contribution is 4.93. The number of piperazine rings is 1. The fourth-order valence-electron chi connectivity index (χ4n) is 3.57. The topological polar surface area (TPSA) is 15.3 Å². The van der Waals surface area contributed by atoms with E-state index in [1.165, 1.54) is 19.4 Å². The molecule has 1 aliphatic heterocycles. The van der Waals surface area contributed by atoms with Gasteiger partial charge in [-0.1, -0.05) is 54.9 Å². The number of hydrogen-bond donors (Lipinski definition) is 1. The van der Waals surface area contributed by atoms with Gasteiger partial charge >= 0.3 is 0 Å². The summed E-state index contributed by atoms with van der Waals surface area (Å²) in [5.74, 6) is 2.26. The van der Waals surface area contributed by atoms with Gasteiger partial charge in [0.05, 0.1) is 0 Å². The van der Waals surface area contributed by atoms with Crippen molar-refractivity contribution < 1.29 is 0 Å². The van der Waals surface area contributed by atoms with Gasteiger partial charge < -0.3 is 5.32 Å². The summed E-state index contributed by atoms with van der Waals surface area (Å²) < 4.78 is 0. The Kier molecular flexibility index (Phi) is 6.82. The van der Waals surface area contributed by atoms with Crippen LogP contribution in [0.2, 0.25) is 0 Å². The van der Waals surface area contributed by atoms with Gasteiger partial charge in [0.25, 0.3) is 0 Å². The fourth-order valence-corrected chi connectivity index (χ4v) is 3.57. The maximum atomic E-state index is 3.81. The van der Waals surface area contributed by atoms with E-state index in [9.17, 15) is 0 Å². The van der Waals surface area contributed by atoms with Crippen LogP contribution in [0, 0.1) is 17.8 Å². The number of nitrogens with one attached hydrogen (secondary N) is 1. The Balaban J connectivity index is 2.83. The third-order valence-corrected chi connectivity index (χ3v) is 5.14. The van der Waals surface area contributed by atoms with Gasteiger partial charge in [0.2, 0.25) is 0 Å². The van der Waals surface area contributed by atoms with E-state index in [1.54, 1.807) is 0 Å². The molecule has 4 atom stereocenters. The molecule has 19 heavy (non-hydrogen) atoms. The van der Waals surface area contributed by atoms with Gasteiger partial charge in [-0.3, -0.25) is 4.90 Å². The van der Waals surface area contributed by atoms with Crippen LogP contribution in [0.4, 0.5) is 0 Å². The Morgan fingerprint density at radius 1 is 1.05 bits per heavy atom. The Labute approximate surface area is 121 Å². The van der Waals surface area contributed by atoms with Crippen LogP contribution in [0.5, 0.6) is 0 Å². The minimum atomic E-state index is 0.674. The summed E-state index contributed by atoms with van der Waals surface area (Å²) >= 11 is 0. The Hall–Kier alpha value is -0.0800. The molecule has 0 aliphatic carbocycles. The molecule has 4 unspecified atom stereocenters. The average Bonchev–Trinajstić information content (AvgIpc) is 2.37. The SMILES string of the molecule is CCC(C)C1CN(C(CC)C(C)C)C(C(C)C)CN1. The zero-order valence-corrected chi connectivity index (χ0v) is 14.2. The molecule has 1 saturated heterocycles. The van der Waals surface area contributed by atoms with Gasteiger partial charge in [-0.15, -0.1) is 0 Å². The molecule has 1 aliphatic rings. The van der Waals surface area contributed by atoms with Crippen molar-refractivity contribution in [3.8, 4) is 0 Å². The molecule has 1 fully saturated rings. The molecule has 0 spiro atoms. The van der Waals surface area contributed by atoms with E-state index >= 15 is 0 Å². The van der Waals surface area contributed by atoms with Crippen LogP contribution in [0.3, 0.4) is 0 Å². The van der Waals surface area contributed by atoms with Gasteiger partial charge in [-0.2, -0.15) is 0 Å². The monoisotopic (exact) mass is 268 g/mol. The first-order valence-corrected chi connectivity index (χ1v) is 8.41. The van der Waals surface area contributed by atoms with E-state index in [0.29, 0.717) is 12.1 Å². The average molecular weight is 268 g/mol. The van der Waals surface area contributed by atoms with E-state index in [2.05, 4.69) is 58.7 Å². The molecule has 0 saturated carbocycles. The lowest BCUT2D eigenvalue weighted by Gasteiger charge is -2.48. The van der Waals surface area contributed by atoms with Gasteiger partial charge in [0, 0.05) is 31.2 Å². The molecule has 0 radical (unpaired) electrons. The molecular weight excluding hydrogens is 232 g/mol. The Morgan fingerprint density at radius 2 is 1.68 bits per heavy atom. The minimum absolute atomic E-state index is 0.674. The summed E-state index contributed by atoms with van der Waals surface area (Å²) in [7, 11) is 0. The van der Waals surface area contributed by atoms with Gasteiger partial charge in [0.15, 0.2) is 0 Å². The van der Waals surface area contributed by atoms with Crippen molar-refractivity contribution in [2.45, 2.75) is 79.4 Å². The van der Waals surface area contributed by atoms with Crippen LogP contribution in [0.25, 0.3) is 0 Å². The molecule has 0 amide bonds. The zero-order chi connectivity index (χ0) is 14.6. The molecule has 114 valence electrons. The van der Waals surface area contributed by atoms with Crippen LogP contribution in [-0.4, -0.2) is 36.1 Å². The molecule has 0 aromatic heterocycles. The Bertz CT molecular complexity index is 240. The second-order valence-electron chi connectivity index (χ2n) is 7.13. The number of hydrogen-bond acceptors (Lipinski definition) is 2. The highest BCUT2D eigenvalue weighted by atomic mass is 15.3. The molecule has 0 aromatic carbocycles. The normalized spacial score (nSPS) is 28.9. The van der Waals surface area contributed by atoms with Crippen molar-refractivity contribution in [3.63, 3.8) is 0 Å². The van der Waals surface area contributed by atoms with Crippen molar-refractivity contribution in [2.75, 3.05) is 13.1 Å². The summed E-state index contributed by atoms with van der Waals surface area (Å²) in [6.45, 7) is 18.9. The van der Waals surface area contributed by atoms with Crippen molar-refractivity contribution in [1.82, 2.24) is 10.2 Å². The first-order valence-electron chi connectivity index (χ1n) is 8.41. The zero-order valence-electron chi connectivity index (χ0n) is 14.2. The largest absolute Gasteiger partial charge is 0.311 e. The van der Waals surface area contributed by atoms with Gasteiger partial charge in [-0.25, -0.2) is 0 Å². The van der Waals surface area contributed by atoms with Crippen LogP contribution < -0.4 is 5.32 Å². The summed E-state index contributed by atoms with van der Waals surface area (Å²) in [4.78, 5) is 2.82. The lowest BCUT2D eigenvalue weighted by Crippen LogP contribution is -2.63. The van der Waals surface area contributed by atoms with E-state index < -0.39 is 0 Å². The van der Waals surface area contributed by atoms with Crippen LogP contribution >= 0.6 is 0 Å². The van der Waals surface area contributed by atoms with Crippen molar-refractivity contribution >= 4 is 0 Å². The quantitative estimate of drug-likeness (QED) is 0.789. The maximum absolute atomic E-state index is 3.81. The van der Waals surface area contributed by atoms with Crippen LogP contribution in [0.1, 0.15) is 61.3 Å². The lowest BCUT2D eigenvalue weighted by molar-refractivity contribution is 0.0236. The fraction of sp³-hybridized carbons (Fsp3) is 1.00. The maximum Gasteiger partial charge on any atom is 0.0247 e. The summed E-state index contributed by atoms with van der Waals surface area (Å²) in [5, 5.41) is 3.81. The number of nitrogens with zero attached hydrogens (tertiary/aromatic N) is 1. The number of rotatable bonds is 6. The molecule has 0 bridgehead atoms. The second-order valence-corrected chi connectivity index (χ2v) is 7.13. The minimum Gasteiger partial charge on any atom is -0.311 e. The lowest BCUT2D eigenvalue weighted by atomic mass is 9.88. The third-order valence-electron chi connectivity index (χ3n) is 5.14. The van der Waals surface area contributed by atoms with Crippen LogP contribution in [-0.2, 0) is 0 Å². The van der Waals surface area contributed by atoms with Crippen LogP contribution in [0.15, 0.2) is 0 Å². The van der Waals surface area contributed by atoms with E-state index in [-0.39, 0.29) is 0 Å². The first kappa shape index (κ1) is 17.0.